The topological polar surface area (TPSA) is 79.8 Å². The third-order valence-electron chi connectivity index (χ3n) is 6.70. The molecule has 1 amide bonds. The lowest BCUT2D eigenvalue weighted by molar-refractivity contribution is -0.122. The predicted molar refractivity (Wildman–Crippen MR) is 136 cm³/mol. The molecule has 6 rings (SSSR count). The molecule has 0 bridgehead atoms. The van der Waals surface area contributed by atoms with Crippen LogP contribution in [0.1, 0.15) is 18.2 Å². The minimum absolute atomic E-state index is 0.0196. The predicted octanol–water partition coefficient (Wildman–Crippen LogP) is 5.11. The number of nitrogens with zero attached hydrogens (tertiary/aromatic N) is 4. The monoisotopic (exact) mass is 504 g/mol. The smallest absolute Gasteiger partial charge is 0.285 e. The van der Waals surface area contributed by atoms with Crippen LogP contribution < -0.4 is 10.6 Å². The first-order chi connectivity index (χ1) is 16.8. The summed E-state index contributed by atoms with van der Waals surface area (Å²) in [6.45, 7) is 3.53. The maximum atomic E-state index is 14.3. The van der Waals surface area contributed by atoms with Gasteiger partial charge >= 0.3 is 0 Å². The van der Waals surface area contributed by atoms with Crippen LogP contribution in [-0.4, -0.2) is 26.1 Å². The number of anilines is 1. The van der Waals surface area contributed by atoms with Crippen LogP contribution in [0.15, 0.2) is 76.6 Å². The van der Waals surface area contributed by atoms with Gasteiger partial charge in [0.2, 0.25) is 5.54 Å². The number of amides is 1. The molecule has 0 saturated heterocycles. The Bertz CT molecular complexity index is 1650. The number of rotatable bonds is 2. The second kappa shape index (κ2) is 7.34. The molecular formula is C26H18Cl2N4O3. The quantitative estimate of drug-likeness (QED) is 0.412. The second-order valence-electron chi connectivity index (χ2n) is 8.56. The number of hydrogen-bond donors (Lipinski definition) is 1. The molecule has 1 spiro atoms. The number of halogens is 2. The molecular weight excluding hydrogens is 487 g/mol. The van der Waals surface area contributed by atoms with Gasteiger partial charge in [0.25, 0.3) is 11.5 Å². The number of benzene rings is 3. The van der Waals surface area contributed by atoms with Crippen molar-refractivity contribution in [1.29, 1.82) is 0 Å². The summed E-state index contributed by atoms with van der Waals surface area (Å²) < 4.78 is 3.15. The Kier molecular flexibility index (Phi) is 4.55. The largest absolute Gasteiger partial charge is 0.507 e. The minimum atomic E-state index is -1.42. The van der Waals surface area contributed by atoms with E-state index in [-0.39, 0.29) is 17.2 Å². The normalized spacial score (nSPS) is 18.2. The third kappa shape index (κ3) is 2.70. The van der Waals surface area contributed by atoms with Gasteiger partial charge in [0, 0.05) is 26.9 Å². The fourth-order valence-corrected chi connectivity index (χ4v) is 5.50. The maximum absolute atomic E-state index is 14.3. The van der Waals surface area contributed by atoms with E-state index in [1.165, 1.54) is 15.8 Å². The van der Waals surface area contributed by atoms with E-state index in [0.717, 1.165) is 0 Å². The molecule has 174 valence electrons. The van der Waals surface area contributed by atoms with Gasteiger partial charge in [-0.3, -0.25) is 14.3 Å². The summed E-state index contributed by atoms with van der Waals surface area (Å²) >= 11 is 12.4. The number of carbonyl (C=O) groups excluding carboxylic acids is 1. The van der Waals surface area contributed by atoms with Gasteiger partial charge in [0.05, 0.1) is 22.6 Å². The number of aromatic nitrogens is 2. The van der Waals surface area contributed by atoms with Gasteiger partial charge in [-0.2, -0.15) is 10.1 Å². The van der Waals surface area contributed by atoms with Crippen molar-refractivity contribution in [2.45, 2.75) is 19.4 Å². The Morgan fingerprint density at radius 1 is 0.914 bits per heavy atom. The first-order valence-electron chi connectivity index (χ1n) is 10.9. The number of carbonyl (C=O) groups is 1. The van der Waals surface area contributed by atoms with E-state index in [1.807, 2.05) is 0 Å². The lowest BCUT2D eigenvalue weighted by atomic mass is 9.85. The van der Waals surface area contributed by atoms with Crippen LogP contribution in [0.5, 0.6) is 5.75 Å². The summed E-state index contributed by atoms with van der Waals surface area (Å²) in [6, 6.07) is 18.6. The summed E-state index contributed by atoms with van der Waals surface area (Å²) in [7, 11) is 0. The van der Waals surface area contributed by atoms with Gasteiger partial charge in [0.1, 0.15) is 5.75 Å². The lowest BCUT2D eigenvalue weighted by Gasteiger charge is -2.27. The van der Waals surface area contributed by atoms with Crippen LogP contribution >= 0.6 is 23.2 Å². The molecule has 35 heavy (non-hydrogen) atoms. The summed E-state index contributed by atoms with van der Waals surface area (Å²) in [5, 5.41) is 17.5. The van der Waals surface area contributed by atoms with E-state index in [9.17, 15) is 14.7 Å². The van der Waals surface area contributed by atoms with Crippen LogP contribution in [0, 0.1) is 6.92 Å². The SMILES string of the molecule is CC1=NN(c2ccc(Cl)cc2)C(=O)C12c1cc(Cl)ccc1-n1c(=O)c(-c3ccccc3O)c(C)n12. The molecule has 4 aromatic rings. The molecule has 1 aromatic heterocycles. The molecule has 0 aliphatic carbocycles. The average molecular weight is 505 g/mol. The van der Waals surface area contributed by atoms with E-state index < -0.39 is 5.54 Å². The van der Waals surface area contributed by atoms with Crippen molar-refractivity contribution in [1.82, 2.24) is 9.36 Å². The third-order valence-corrected chi connectivity index (χ3v) is 7.19. The first kappa shape index (κ1) is 21.7. The summed E-state index contributed by atoms with van der Waals surface area (Å²) in [5.41, 5.74) is 1.57. The molecule has 1 unspecified atom stereocenters. The summed E-state index contributed by atoms with van der Waals surface area (Å²) in [5.74, 6) is -0.372. The number of para-hydroxylation sites is 1. The Balaban J connectivity index is 1.68. The molecule has 1 N–H and O–H groups in total. The van der Waals surface area contributed by atoms with Crippen LogP contribution in [0.25, 0.3) is 16.8 Å². The van der Waals surface area contributed by atoms with Crippen molar-refractivity contribution in [3.8, 4) is 22.6 Å². The molecule has 0 saturated carbocycles. The number of fused-ring (bicyclic) bond motifs is 5. The lowest BCUT2D eigenvalue weighted by Crippen LogP contribution is -2.48. The van der Waals surface area contributed by atoms with Crippen molar-refractivity contribution in [2.24, 2.45) is 5.10 Å². The molecule has 1 atom stereocenters. The van der Waals surface area contributed by atoms with Gasteiger partial charge in [-0.25, -0.2) is 4.68 Å². The molecule has 9 heteroatoms. The van der Waals surface area contributed by atoms with E-state index >= 15 is 0 Å². The van der Waals surface area contributed by atoms with E-state index in [0.29, 0.717) is 49.5 Å². The molecule has 2 aliphatic heterocycles. The van der Waals surface area contributed by atoms with Crippen LogP contribution in [-0.2, 0) is 10.3 Å². The van der Waals surface area contributed by atoms with Crippen molar-refractivity contribution in [3.63, 3.8) is 0 Å². The fourth-order valence-electron chi connectivity index (χ4n) is 5.21. The highest BCUT2D eigenvalue weighted by atomic mass is 35.5. The standard InChI is InChI=1S/C26H18Cl2N4O3/c1-14-23(19-5-3-4-6-22(19)33)24(34)31-21-12-9-17(28)13-20(21)26(32(14)31)15(2)29-30(25(26)35)18-10-7-16(27)8-11-18/h3-13,33H,1-2H3. The van der Waals surface area contributed by atoms with Crippen LogP contribution in [0.4, 0.5) is 5.69 Å². The van der Waals surface area contributed by atoms with Crippen molar-refractivity contribution in [3.05, 3.63) is 98.4 Å². The van der Waals surface area contributed by atoms with Crippen molar-refractivity contribution < 1.29 is 9.90 Å². The molecule has 3 aromatic carbocycles. The molecule has 3 heterocycles. The minimum Gasteiger partial charge on any atom is -0.507 e. The first-order valence-corrected chi connectivity index (χ1v) is 11.6. The van der Waals surface area contributed by atoms with Gasteiger partial charge in [-0.15, -0.1) is 0 Å². The Morgan fingerprint density at radius 2 is 1.60 bits per heavy atom. The number of phenolic OH excluding ortho intramolecular Hbond substituents is 1. The Morgan fingerprint density at radius 3 is 2.31 bits per heavy atom. The molecule has 0 radical (unpaired) electrons. The van der Waals surface area contributed by atoms with E-state index in [4.69, 9.17) is 23.2 Å². The van der Waals surface area contributed by atoms with Gasteiger partial charge < -0.3 is 5.11 Å². The number of phenols is 1. The number of aromatic hydroxyl groups is 1. The van der Waals surface area contributed by atoms with Crippen molar-refractivity contribution >= 4 is 40.5 Å². The van der Waals surface area contributed by atoms with Crippen LogP contribution in [0.2, 0.25) is 10.0 Å². The van der Waals surface area contributed by atoms with Crippen LogP contribution in [0.3, 0.4) is 0 Å². The highest BCUT2D eigenvalue weighted by molar-refractivity contribution is 6.31. The summed E-state index contributed by atoms with van der Waals surface area (Å²) in [4.78, 5) is 28.1. The Hall–Kier alpha value is -3.81. The molecule has 2 aliphatic rings. The van der Waals surface area contributed by atoms with Gasteiger partial charge in [-0.05, 0) is 62.4 Å². The number of hydrazone groups is 1. The fraction of sp³-hybridized carbons (Fsp3) is 0.115. The van der Waals surface area contributed by atoms with E-state index in [1.54, 1.807) is 79.2 Å². The van der Waals surface area contributed by atoms with Crippen molar-refractivity contribution in [2.75, 3.05) is 5.01 Å². The maximum Gasteiger partial charge on any atom is 0.285 e. The zero-order chi connectivity index (χ0) is 24.6. The average Bonchev–Trinajstić information content (AvgIpc) is 3.38. The second-order valence-corrected chi connectivity index (χ2v) is 9.43. The number of hydrogen-bond acceptors (Lipinski definition) is 4. The highest BCUT2D eigenvalue weighted by Gasteiger charge is 2.59. The van der Waals surface area contributed by atoms with E-state index in [2.05, 4.69) is 5.10 Å². The Labute approximate surface area is 210 Å². The highest BCUT2D eigenvalue weighted by Crippen LogP contribution is 2.47. The van der Waals surface area contributed by atoms with Gasteiger partial charge in [-0.1, -0.05) is 41.4 Å². The zero-order valence-corrected chi connectivity index (χ0v) is 20.2. The molecule has 7 nitrogen and oxygen atoms in total. The summed E-state index contributed by atoms with van der Waals surface area (Å²) in [6.07, 6.45) is 0. The van der Waals surface area contributed by atoms with Gasteiger partial charge in [0.15, 0.2) is 0 Å². The molecule has 0 fully saturated rings. The zero-order valence-electron chi connectivity index (χ0n) is 18.7.